The number of fused-ring (bicyclic) bond motifs is 2. The highest BCUT2D eigenvalue weighted by Gasteiger charge is 2.55. The van der Waals surface area contributed by atoms with Crippen LogP contribution in [0, 0.1) is 23.7 Å². The van der Waals surface area contributed by atoms with Crippen LogP contribution in [0.4, 0.5) is 9.59 Å². The van der Waals surface area contributed by atoms with E-state index in [1.807, 2.05) is 0 Å². The summed E-state index contributed by atoms with van der Waals surface area (Å²) in [5, 5.41) is 12.8. The van der Waals surface area contributed by atoms with Gasteiger partial charge in [-0.15, -0.1) is 5.06 Å². The summed E-state index contributed by atoms with van der Waals surface area (Å²) in [6.07, 6.45) is 5.47. The smallest absolute Gasteiger partial charge is 0.440 e. The number of para-hydroxylation sites is 2. The maximum atomic E-state index is 13.1. The number of carbonyl (C=O) groups is 2. The Labute approximate surface area is 155 Å². The molecule has 2 amide bonds. The lowest BCUT2D eigenvalue weighted by Crippen LogP contribution is -2.47. The monoisotopic (exact) mass is 368 g/mol. The van der Waals surface area contributed by atoms with E-state index in [1.165, 1.54) is 18.0 Å². The first-order valence-corrected chi connectivity index (χ1v) is 9.14. The summed E-state index contributed by atoms with van der Waals surface area (Å²) in [7, 11) is 1.25. The summed E-state index contributed by atoms with van der Waals surface area (Å²) in [4.78, 5) is 33.8. The molecule has 8 heteroatoms. The number of carbonyl (C=O) groups excluding carboxylic acids is 1. The van der Waals surface area contributed by atoms with E-state index in [2.05, 4.69) is 22.5 Å². The second-order valence-corrected chi connectivity index (χ2v) is 7.57. The molecular weight excluding hydrogens is 348 g/mol. The lowest BCUT2D eigenvalue weighted by molar-refractivity contribution is -0.0224. The largest absolute Gasteiger partial charge is 0.463 e. The third-order valence-corrected chi connectivity index (χ3v) is 6.04. The van der Waals surface area contributed by atoms with Gasteiger partial charge in [-0.1, -0.05) is 24.3 Å². The van der Waals surface area contributed by atoms with Crippen LogP contribution in [0.25, 0.3) is 11.0 Å². The summed E-state index contributed by atoms with van der Waals surface area (Å²) >= 11 is 0. The Morgan fingerprint density at radius 3 is 2.85 bits per heavy atom. The van der Waals surface area contributed by atoms with E-state index in [9.17, 15) is 9.59 Å². The highest BCUT2D eigenvalue weighted by molar-refractivity contribution is 5.91. The van der Waals surface area contributed by atoms with E-state index in [4.69, 9.17) is 9.94 Å². The fraction of sp³-hybridized carbons (Fsp3) is 0.421. The van der Waals surface area contributed by atoms with Crippen LogP contribution in [0.15, 0.2) is 36.4 Å². The Morgan fingerprint density at radius 1 is 1.26 bits per heavy atom. The molecule has 2 saturated carbocycles. The zero-order chi connectivity index (χ0) is 18.7. The molecule has 0 saturated heterocycles. The summed E-state index contributed by atoms with van der Waals surface area (Å²) in [5.41, 5.74) is 1.14. The van der Waals surface area contributed by atoms with Crippen molar-refractivity contribution >= 4 is 23.2 Å². The molecule has 2 fully saturated rings. The molecule has 2 N–H and O–H groups in total. The van der Waals surface area contributed by atoms with Crippen molar-refractivity contribution in [2.45, 2.75) is 18.9 Å². The van der Waals surface area contributed by atoms with Crippen molar-refractivity contribution in [1.82, 2.24) is 19.9 Å². The molecule has 0 spiro atoms. The predicted molar refractivity (Wildman–Crippen MR) is 96.2 cm³/mol. The number of carboxylic acid groups (broad SMARTS) is 1. The van der Waals surface area contributed by atoms with Crippen LogP contribution in [-0.4, -0.2) is 44.9 Å². The highest BCUT2D eigenvalue weighted by Crippen LogP contribution is 2.59. The third kappa shape index (κ3) is 2.55. The zero-order valence-corrected chi connectivity index (χ0v) is 14.8. The number of nitrogens with one attached hydrogen (secondary N) is 1. The van der Waals surface area contributed by atoms with E-state index in [0.29, 0.717) is 33.9 Å². The normalized spacial score (nSPS) is 30.0. The number of hydrogen-bond acceptors (Lipinski definition) is 4. The van der Waals surface area contributed by atoms with Crippen molar-refractivity contribution in [1.29, 1.82) is 0 Å². The van der Waals surface area contributed by atoms with Gasteiger partial charge < -0.3 is 15.3 Å². The minimum atomic E-state index is -1.27. The van der Waals surface area contributed by atoms with Crippen LogP contribution >= 0.6 is 0 Å². The Hall–Kier alpha value is -3.03. The second-order valence-electron chi connectivity index (χ2n) is 7.57. The van der Waals surface area contributed by atoms with Crippen LogP contribution in [0.1, 0.15) is 12.8 Å². The molecule has 6 rings (SSSR count). The average molecular weight is 368 g/mol. The Bertz CT molecular complexity index is 968. The van der Waals surface area contributed by atoms with Gasteiger partial charge in [-0.25, -0.2) is 14.2 Å². The first-order chi connectivity index (χ1) is 13.0. The van der Waals surface area contributed by atoms with Crippen molar-refractivity contribution < 1.29 is 19.5 Å². The van der Waals surface area contributed by atoms with Gasteiger partial charge in [0.15, 0.2) is 0 Å². The van der Waals surface area contributed by atoms with Gasteiger partial charge in [-0.3, -0.25) is 0 Å². The second kappa shape index (κ2) is 5.73. The van der Waals surface area contributed by atoms with Crippen LogP contribution < -0.4 is 10.2 Å². The molecule has 0 aliphatic heterocycles. The van der Waals surface area contributed by atoms with Gasteiger partial charge in [0.1, 0.15) is 0 Å². The Kier molecular flexibility index (Phi) is 3.43. The topological polar surface area (TPSA) is 96.7 Å². The molecule has 27 heavy (non-hydrogen) atoms. The van der Waals surface area contributed by atoms with Gasteiger partial charge in [-0.05, 0) is 42.7 Å². The molecule has 8 nitrogen and oxygen atoms in total. The van der Waals surface area contributed by atoms with Gasteiger partial charge >= 0.3 is 18.1 Å². The summed E-state index contributed by atoms with van der Waals surface area (Å²) in [6, 6.07) is 6.80. The number of benzene rings is 1. The summed E-state index contributed by atoms with van der Waals surface area (Å²) in [6.45, 7) is 0. The minimum Gasteiger partial charge on any atom is -0.463 e. The molecule has 1 aromatic heterocycles. The number of hydroxylamine groups is 2. The standard InChI is InChI=1S/C19H20N4O4/c1-22(19(25)26)27-18-21-14-4-2-3-5-16(14)23(18)17(24)20-15-8-10-6-7-11(15)13-9-12(10)13/h2-7,10-13,15H,8-9H2,1H3,(H,20,24)(H,25,26). The first-order valence-electron chi connectivity index (χ1n) is 9.14. The number of rotatable bonds is 3. The first kappa shape index (κ1) is 16.2. The molecule has 5 atom stereocenters. The van der Waals surface area contributed by atoms with E-state index in [-0.39, 0.29) is 18.1 Å². The Morgan fingerprint density at radius 2 is 2.07 bits per heavy atom. The molecule has 1 aromatic carbocycles. The number of hydrogen-bond donors (Lipinski definition) is 2. The van der Waals surface area contributed by atoms with Crippen molar-refractivity contribution in [2.24, 2.45) is 23.7 Å². The van der Waals surface area contributed by atoms with Crippen LogP contribution in [0.5, 0.6) is 6.01 Å². The molecule has 4 aliphatic rings. The number of aromatic nitrogens is 2. The van der Waals surface area contributed by atoms with Gasteiger partial charge in [0, 0.05) is 12.0 Å². The molecule has 140 valence electrons. The lowest BCUT2D eigenvalue weighted by atomic mass is 9.73. The highest BCUT2D eigenvalue weighted by atomic mass is 16.7. The number of nitrogens with zero attached hydrogens (tertiary/aromatic N) is 3. The van der Waals surface area contributed by atoms with Crippen molar-refractivity contribution in [3.05, 3.63) is 36.4 Å². The lowest BCUT2D eigenvalue weighted by Gasteiger charge is -2.37. The van der Waals surface area contributed by atoms with E-state index in [1.54, 1.807) is 24.3 Å². The average Bonchev–Trinajstić information content (AvgIpc) is 3.39. The van der Waals surface area contributed by atoms with Crippen molar-refractivity contribution in [3.63, 3.8) is 0 Å². The molecular formula is C19H20N4O4. The van der Waals surface area contributed by atoms with Crippen molar-refractivity contribution in [3.8, 4) is 6.01 Å². The Balaban J connectivity index is 1.45. The number of imidazole rings is 1. The predicted octanol–water partition coefficient (Wildman–Crippen LogP) is 2.71. The van der Waals surface area contributed by atoms with Gasteiger partial charge in [-0.2, -0.15) is 4.98 Å². The molecule has 2 aromatic rings. The van der Waals surface area contributed by atoms with Crippen LogP contribution in [0.3, 0.4) is 0 Å². The van der Waals surface area contributed by atoms with Gasteiger partial charge in [0.05, 0.1) is 18.1 Å². The van der Waals surface area contributed by atoms with Crippen molar-refractivity contribution in [2.75, 3.05) is 7.05 Å². The van der Waals surface area contributed by atoms with Crippen LogP contribution in [0.2, 0.25) is 0 Å². The van der Waals surface area contributed by atoms with Gasteiger partial charge in [0.2, 0.25) is 0 Å². The molecule has 4 aliphatic carbocycles. The van der Waals surface area contributed by atoms with E-state index >= 15 is 0 Å². The summed E-state index contributed by atoms with van der Waals surface area (Å²) in [5.74, 6) is 2.42. The quantitative estimate of drug-likeness (QED) is 0.641. The van der Waals surface area contributed by atoms with E-state index in [0.717, 1.165) is 12.3 Å². The molecule has 2 bridgehead atoms. The minimum absolute atomic E-state index is 0.0700. The third-order valence-electron chi connectivity index (χ3n) is 6.04. The molecule has 0 radical (unpaired) electrons. The maximum absolute atomic E-state index is 13.1. The fourth-order valence-electron chi connectivity index (χ4n) is 4.66. The SMILES string of the molecule is CN(Oc1nc2ccccc2n1C(=O)NC1CC2C=CC1C1CC21)C(=O)O. The maximum Gasteiger partial charge on any atom is 0.440 e. The molecule has 5 unspecified atom stereocenters. The summed E-state index contributed by atoms with van der Waals surface area (Å²) < 4.78 is 1.31. The number of amides is 2. The van der Waals surface area contributed by atoms with E-state index < -0.39 is 6.09 Å². The molecule has 1 heterocycles. The fourth-order valence-corrected chi connectivity index (χ4v) is 4.66. The van der Waals surface area contributed by atoms with Gasteiger partial charge in [0.25, 0.3) is 0 Å². The van der Waals surface area contributed by atoms with Crippen LogP contribution in [-0.2, 0) is 0 Å². The zero-order valence-electron chi connectivity index (χ0n) is 14.8. The number of allylic oxidation sites excluding steroid dienone is 1.